The van der Waals surface area contributed by atoms with Crippen molar-refractivity contribution in [2.75, 3.05) is 26.2 Å². The van der Waals surface area contributed by atoms with Gasteiger partial charge in [0.05, 0.1) is 26.2 Å². The molecule has 0 spiro atoms. The molecular weight excluding hydrogens is 338 g/mol. The van der Waals surface area contributed by atoms with E-state index in [4.69, 9.17) is 0 Å². The van der Waals surface area contributed by atoms with Gasteiger partial charge in [-0.2, -0.15) is 13.2 Å². The van der Waals surface area contributed by atoms with Gasteiger partial charge in [-0.1, -0.05) is 0 Å². The Morgan fingerprint density at radius 3 is 1.57 bits per heavy atom. The van der Waals surface area contributed by atoms with Gasteiger partial charge < -0.3 is 9.04 Å². The number of quaternary nitrogens is 1. The van der Waals surface area contributed by atoms with Crippen LogP contribution in [0.4, 0.5) is 17.6 Å². The molecule has 0 saturated carbocycles. The van der Waals surface area contributed by atoms with Gasteiger partial charge in [-0.05, 0) is 47.0 Å². The summed E-state index contributed by atoms with van der Waals surface area (Å²) in [4.78, 5) is 0. The van der Waals surface area contributed by atoms with E-state index in [1.807, 2.05) is 0 Å². The molecule has 0 N–H and O–H groups in total. The van der Waals surface area contributed by atoms with Crippen LogP contribution in [0.1, 0.15) is 53.4 Å². The first-order valence-corrected chi connectivity index (χ1v) is 9.35. The predicted molar refractivity (Wildman–Crippen MR) is 81.5 cm³/mol. The Morgan fingerprint density at radius 1 is 0.957 bits per heavy atom. The van der Waals surface area contributed by atoms with Crippen LogP contribution in [0, 0.1) is 0 Å². The Kier molecular flexibility index (Phi) is 12.1. The van der Waals surface area contributed by atoms with Crippen LogP contribution in [-0.4, -0.2) is 55.3 Å². The maximum absolute atomic E-state index is 12.3. The largest absolute Gasteiger partial charge is 0.746 e. The summed E-state index contributed by atoms with van der Waals surface area (Å²) in [5.74, 6) is 0. The fourth-order valence-corrected chi connectivity index (χ4v) is 2.57. The van der Waals surface area contributed by atoms with Crippen LogP contribution >= 0.6 is 0 Å². The van der Waals surface area contributed by atoms with Gasteiger partial charge in [-0.3, -0.25) is 0 Å². The fourth-order valence-electron chi connectivity index (χ4n) is 2.12. The summed E-state index contributed by atoms with van der Waals surface area (Å²) in [6.07, 6.45) is -6.76. The predicted octanol–water partition coefficient (Wildman–Crippen LogP) is 3.83. The van der Waals surface area contributed by atoms with Gasteiger partial charge in [0, 0.05) is 6.42 Å². The van der Waals surface area contributed by atoms with Gasteiger partial charge in [-0.15, -0.1) is 0 Å². The molecule has 142 valence electrons. The zero-order chi connectivity index (χ0) is 18.7. The van der Waals surface area contributed by atoms with Crippen LogP contribution in [0.25, 0.3) is 0 Å². The molecular formula is C14H29F4NO3S. The molecule has 23 heavy (non-hydrogen) atoms. The van der Waals surface area contributed by atoms with Crippen LogP contribution in [0.3, 0.4) is 0 Å². The highest BCUT2D eigenvalue weighted by Gasteiger charge is 2.26. The van der Waals surface area contributed by atoms with Crippen molar-refractivity contribution in [3.05, 3.63) is 0 Å². The minimum Gasteiger partial charge on any atom is -0.746 e. The molecule has 0 aromatic carbocycles. The molecule has 0 aromatic rings. The molecule has 0 radical (unpaired) electrons. The first-order valence-electron chi connectivity index (χ1n) is 7.88. The van der Waals surface area contributed by atoms with Gasteiger partial charge in [-0.25, -0.2) is 12.8 Å². The molecule has 1 atom stereocenters. The second-order valence-corrected chi connectivity index (χ2v) is 6.87. The van der Waals surface area contributed by atoms with E-state index in [0.717, 1.165) is 0 Å². The van der Waals surface area contributed by atoms with Crippen molar-refractivity contribution >= 4 is 10.1 Å². The second kappa shape index (κ2) is 11.2. The van der Waals surface area contributed by atoms with E-state index in [-0.39, 0.29) is 12.8 Å². The molecule has 0 amide bonds. The molecule has 0 saturated heterocycles. The number of hydrogen-bond donors (Lipinski definition) is 0. The van der Waals surface area contributed by atoms with Crippen molar-refractivity contribution in [3.63, 3.8) is 0 Å². The normalized spacial score (nSPS) is 14.1. The monoisotopic (exact) mass is 367 g/mol. The summed E-state index contributed by atoms with van der Waals surface area (Å²) in [5, 5.41) is 0. The van der Waals surface area contributed by atoms with Crippen molar-refractivity contribution in [1.82, 2.24) is 0 Å². The fraction of sp³-hybridized carbons (Fsp3) is 1.00. The number of hydrogen-bond acceptors (Lipinski definition) is 3. The lowest BCUT2D eigenvalue weighted by Crippen LogP contribution is -2.47. The lowest BCUT2D eigenvalue weighted by Gasteiger charge is -2.34. The van der Waals surface area contributed by atoms with E-state index in [0.29, 0.717) is 0 Å². The zero-order valence-corrected chi connectivity index (χ0v) is 15.1. The number of rotatable bonds is 9. The molecule has 0 aliphatic rings. The van der Waals surface area contributed by atoms with Crippen LogP contribution < -0.4 is 0 Å². The third-order valence-corrected chi connectivity index (χ3v) is 5.00. The highest BCUT2D eigenvalue weighted by atomic mass is 32.2. The Balaban J connectivity index is 0. The van der Waals surface area contributed by atoms with Crippen LogP contribution in [0.15, 0.2) is 0 Å². The lowest BCUT2D eigenvalue weighted by atomic mass is 10.2. The van der Waals surface area contributed by atoms with E-state index in [2.05, 4.69) is 27.7 Å². The van der Waals surface area contributed by atoms with Gasteiger partial charge in [0.1, 0.15) is 10.1 Å². The van der Waals surface area contributed by atoms with Gasteiger partial charge in [0.15, 0.2) is 5.50 Å². The number of alkyl halides is 4. The van der Waals surface area contributed by atoms with Crippen molar-refractivity contribution in [1.29, 1.82) is 0 Å². The lowest BCUT2D eigenvalue weighted by molar-refractivity contribution is -0.921. The first-order chi connectivity index (χ1) is 10.4. The average molecular weight is 367 g/mol. The maximum atomic E-state index is 12.3. The number of nitrogens with zero attached hydrogens (tertiary/aromatic N) is 1. The number of unbranched alkanes of at least 4 members (excludes halogenated alkanes) is 1. The minimum absolute atomic E-state index is 0.276. The Labute approximate surface area is 137 Å². The van der Waals surface area contributed by atoms with Crippen LogP contribution in [0.5, 0.6) is 0 Å². The SMILES string of the molecule is CC[N+](CC)(CC)CC.O=S(=O)([O-])C(F)CCCCC(F)(F)F. The van der Waals surface area contributed by atoms with Crippen LogP contribution in [-0.2, 0) is 10.1 Å². The van der Waals surface area contributed by atoms with E-state index in [1.54, 1.807) is 0 Å². The summed E-state index contributed by atoms with van der Waals surface area (Å²) in [6, 6.07) is 0. The van der Waals surface area contributed by atoms with E-state index < -0.39 is 34.6 Å². The van der Waals surface area contributed by atoms with E-state index in [9.17, 15) is 30.5 Å². The molecule has 0 aliphatic carbocycles. The third kappa shape index (κ3) is 12.7. The molecule has 0 fully saturated rings. The minimum atomic E-state index is -5.02. The van der Waals surface area contributed by atoms with Crippen molar-refractivity contribution in [2.24, 2.45) is 0 Å². The smallest absolute Gasteiger partial charge is 0.389 e. The third-order valence-electron chi connectivity index (χ3n) is 4.14. The van der Waals surface area contributed by atoms with Crippen molar-refractivity contribution in [3.8, 4) is 0 Å². The molecule has 9 heteroatoms. The molecule has 4 nitrogen and oxygen atoms in total. The Hall–Kier alpha value is -0.410. The molecule has 1 unspecified atom stereocenters. The maximum Gasteiger partial charge on any atom is 0.389 e. The molecule has 0 heterocycles. The van der Waals surface area contributed by atoms with Gasteiger partial charge in [0.2, 0.25) is 0 Å². The second-order valence-electron chi connectivity index (χ2n) is 5.37. The summed E-state index contributed by atoms with van der Waals surface area (Å²) in [6.45, 7) is 14.2. The van der Waals surface area contributed by atoms with Crippen LogP contribution in [0.2, 0.25) is 0 Å². The Morgan fingerprint density at radius 2 is 1.35 bits per heavy atom. The molecule has 0 bridgehead atoms. The molecule has 0 rings (SSSR count). The molecule has 0 aliphatic heterocycles. The van der Waals surface area contributed by atoms with Gasteiger partial charge in [0.25, 0.3) is 0 Å². The number of halogens is 4. The van der Waals surface area contributed by atoms with Gasteiger partial charge >= 0.3 is 6.18 Å². The zero-order valence-electron chi connectivity index (χ0n) is 14.3. The highest BCUT2D eigenvalue weighted by Crippen LogP contribution is 2.23. The topological polar surface area (TPSA) is 57.2 Å². The standard InChI is InChI=1S/C8H20N.C6H10F4O3S/c1-5-9(6-2,7-3)8-4;7-5(14(11,12)13)3-1-2-4-6(8,9)10/h5-8H2,1-4H3;5H,1-4H2,(H,11,12,13)/q+1;/p-1. The van der Waals surface area contributed by atoms with E-state index in [1.165, 1.54) is 30.7 Å². The average Bonchev–Trinajstić information content (AvgIpc) is 2.45. The quantitative estimate of drug-likeness (QED) is 0.269. The summed E-state index contributed by atoms with van der Waals surface area (Å²) in [7, 11) is -5.02. The summed E-state index contributed by atoms with van der Waals surface area (Å²) >= 11 is 0. The summed E-state index contributed by atoms with van der Waals surface area (Å²) in [5.41, 5.74) is -2.60. The molecule has 0 aromatic heterocycles. The van der Waals surface area contributed by atoms with E-state index >= 15 is 0 Å². The van der Waals surface area contributed by atoms with Crippen molar-refractivity contribution < 1.29 is 35.0 Å². The highest BCUT2D eigenvalue weighted by molar-refractivity contribution is 7.86. The summed E-state index contributed by atoms with van der Waals surface area (Å²) < 4.78 is 78.2. The van der Waals surface area contributed by atoms with Crippen molar-refractivity contribution in [2.45, 2.75) is 65.1 Å². The first kappa shape index (κ1) is 24.8. The Bertz CT molecular complexity index is 378.